The molecule has 2 aromatic heterocycles. The quantitative estimate of drug-likeness (QED) is 0.198. The molecule has 10 heteroatoms. The monoisotopic (exact) mass is 571 g/mol. The summed E-state index contributed by atoms with van der Waals surface area (Å²) in [6.07, 6.45) is 10.4. The smallest absolute Gasteiger partial charge is 0.251 e. The van der Waals surface area contributed by atoms with Gasteiger partial charge in [-0.1, -0.05) is 35.9 Å². The second kappa shape index (κ2) is 13.0. The van der Waals surface area contributed by atoms with Crippen LogP contribution in [-0.4, -0.2) is 64.4 Å². The normalized spacial score (nSPS) is 17.2. The van der Waals surface area contributed by atoms with Crippen molar-refractivity contribution >= 4 is 46.0 Å². The molecule has 1 saturated carbocycles. The summed E-state index contributed by atoms with van der Waals surface area (Å²) in [5.41, 5.74) is 3.80. The number of hydrogen-bond donors (Lipinski definition) is 4. The molecule has 0 spiro atoms. The van der Waals surface area contributed by atoms with Crippen LogP contribution in [0.15, 0.2) is 73.1 Å². The summed E-state index contributed by atoms with van der Waals surface area (Å²) in [5, 5.41) is 11.0. The number of nitrogens with one attached hydrogen (secondary N) is 4. The number of anilines is 2. The van der Waals surface area contributed by atoms with Crippen LogP contribution in [0.2, 0.25) is 5.02 Å². The molecule has 0 saturated heterocycles. The van der Waals surface area contributed by atoms with Crippen LogP contribution in [0.25, 0.3) is 22.2 Å². The lowest BCUT2D eigenvalue weighted by Gasteiger charge is -2.30. The number of aromatic amines is 1. The highest BCUT2D eigenvalue weighted by Gasteiger charge is 2.25. The van der Waals surface area contributed by atoms with E-state index in [0.29, 0.717) is 34.5 Å². The number of fused-ring (bicyclic) bond motifs is 1. The number of aromatic nitrogens is 3. The van der Waals surface area contributed by atoms with Gasteiger partial charge in [0.05, 0.1) is 16.9 Å². The Hall–Kier alpha value is -4.21. The molecule has 4 N–H and O–H groups in total. The average Bonchev–Trinajstić information content (AvgIpc) is 3.38. The Morgan fingerprint density at radius 3 is 2.68 bits per heavy atom. The van der Waals surface area contributed by atoms with Gasteiger partial charge in [-0.15, -0.1) is 0 Å². The van der Waals surface area contributed by atoms with E-state index in [0.717, 1.165) is 42.1 Å². The molecule has 0 aliphatic heterocycles. The Morgan fingerprint density at radius 1 is 1.10 bits per heavy atom. The SMILES string of the molecule is CN(C)C/C=C/C(=O)Nc1ccc(C(=O)N[C@@H]2CCC[C@H](Nc3ncc(Cl)c(-c4c[nH]c5ccccc45)n3)C2)cc1. The fraction of sp³-hybridized carbons (Fsp3) is 0.290. The topological polar surface area (TPSA) is 115 Å². The number of carbonyl (C=O) groups excluding carboxylic acids is 2. The molecule has 1 aliphatic rings. The molecule has 2 amide bonds. The molecule has 4 aromatic rings. The van der Waals surface area contributed by atoms with Crippen molar-refractivity contribution in [2.75, 3.05) is 31.3 Å². The minimum atomic E-state index is -0.206. The van der Waals surface area contributed by atoms with Crippen molar-refractivity contribution in [3.8, 4) is 11.3 Å². The fourth-order valence-electron chi connectivity index (χ4n) is 5.06. The van der Waals surface area contributed by atoms with Crippen LogP contribution in [0.1, 0.15) is 36.0 Å². The van der Waals surface area contributed by atoms with Crippen molar-refractivity contribution in [1.29, 1.82) is 0 Å². The van der Waals surface area contributed by atoms with Crippen molar-refractivity contribution in [1.82, 2.24) is 25.2 Å². The summed E-state index contributed by atoms with van der Waals surface area (Å²) >= 11 is 6.50. The average molecular weight is 572 g/mol. The second-order valence-electron chi connectivity index (χ2n) is 10.5. The minimum Gasteiger partial charge on any atom is -0.360 e. The number of carbonyl (C=O) groups is 2. The molecule has 2 heterocycles. The van der Waals surface area contributed by atoms with E-state index in [2.05, 4.69) is 25.9 Å². The lowest BCUT2D eigenvalue weighted by molar-refractivity contribution is -0.111. The Labute approximate surface area is 244 Å². The predicted molar refractivity (Wildman–Crippen MR) is 164 cm³/mol. The van der Waals surface area contributed by atoms with Crippen LogP contribution < -0.4 is 16.0 Å². The number of H-pyrrole nitrogens is 1. The van der Waals surface area contributed by atoms with Gasteiger partial charge >= 0.3 is 0 Å². The minimum absolute atomic E-state index is 0.0235. The van der Waals surface area contributed by atoms with Crippen molar-refractivity contribution < 1.29 is 9.59 Å². The summed E-state index contributed by atoms with van der Waals surface area (Å²) in [7, 11) is 3.87. The highest BCUT2D eigenvalue weighted by atomic mass is 35.5. The zero-order valence-corrected chi connectivity index (χ0v) is 23.9. The molecule has 1 aliphatic carbocycles. The second-order valence-corrected chi connectivity index (χ2v) is 11.0. The molecule has 9 nitrogen and oxygen atoms in total. The van der Waals surface area contributed by atoms with Crippen LogP contribution in [0.3, 0.4) is 0 Å². The first-order valence-corrected chi connectivity index (χ1v) is 14.1. The van der Waals surface area contributed by atoms with Gasteiger partial charge < -0.3 is 25.8 Å². The van der Waals surface area contributed by atoms with Gasteiger partial charge in [-0.2, -0.15) is 0 Å². The van der Waals surface area contributed by atoms with Gasteiger partial charge in [0.1, 0.15) is 0 Å². The first-order chi connectivity index (χ1) is 19.9. The zero-order chi connectivity index (χ0) is 28.8. The molecule has 2 atom stereocenters. The van der Waals surface area contributed by atoms with Gasteiger partial charge in [0.15, 0.2) is 0 Å². The van der Waals surface area contributed by atoms with Crippen molar-refractivity contribution in [3.05, 3.63) is 83.7 Å². The Morgan fingerprint density at radius 2 is 1.88 bits per heavy atom. The van der Waals surface area contributed by atoms with E-state index in [1.165, 1.54) is 6.08 Å². The van der Waals surface area contributed by atoms with Gasteiger partial charge in [-0.05, 0) is 70.1 Å². The van der Waals surface area contributed by atoms with Gasteiger partial charge in [-0.25, -0.2) is 9.97 Å². The lowest BCUT2D eigenvalue weighted by Crippen LogP contribution is -2.42. The Kier molecular flexibility index (Phi) is 8.96. The largest absolute Gasteiger partial charge is 0.360 e. The number of rotatable bonds is 9. The summed E-state index contributed by atoms with van der Waals surface area (Å²) in [4.78, 5) is 39.4. The summed E-state index contributed by atoms with van der Waals surface area (Å²) in [6, 6.07) is 15.1. The molecule has 0 unspecified atom stereocenters. The molecule has 41 heavy (non-hydrogen) atoms. The van der Waals surface area contributed by atoms with Crippen LogP contribution >= 0.6 is 11.6 Å². The number of amides is 2. The maximum atomic E-state index is 13.0. The molecule has 0 bridgehead atoms. The van der Waals surface area contributed by atoms with Gasteiger partial charge in [0, 0.05) is 58.6 Å². The number of nitrogens with zero attached hydrogens (tertiary/aromatic N) is 3. The van der Waals surface area contributed by atoms with E-state index in [4.69, 9.17) is 16.6 Å². The highest BCUT2D eigenvalue weighted by molar-refractivity contribution is 6.33. The van der Waals surface area contributed by atoms with Crippen molar-refractivity contribution in [3.63, 3.8) is 0 Å². The van der Waals surface area contributed by atoms with E-state index < -0.39 is 0 Å². The third-order valence-electron chi connectivity index (χ3n) is 7.09. The Balaban J connectivity index is 1.17. The first-order valence-electron chi connectivity index (χ1n) is 13.7. The molecule has 0 radical (unpaired) electrons. The van der Waals surface area contributed by atoms with Gasteiger partial charge in [0.25, 0.3) is 5.91 Å². The summed E-state index contributed by atoms with van der Waals surface area (Å²) in [5.74, 6) is 0.174. The van der Waals surface area contributed by atoms with Crippen LogP contribution in [0.5, 0.6) is 0 Å². The maximum absolute atomic E-state index is 13.0. The molecule has 1 fully saturated rings. The molecular weight excluding hydrogens is 538 g/mol. The highest BCUT2D eigenvalue weighted by Crippen LogP contribution is 2.32. The van der Waals surface area contributed by atoms with E-state index in [9.17, 15) is 9.59 Å². The van der Waals surface area contributed by atoms with Crippen molar-refractivity contribution in [2.24, 2.45) is 0 Å². The van der Waals surface area contributed by atoms with Gasteiger partial charge in [0.2, 0.25) is 11.9 Å². The molecule has 5 rings (SSSR count). The standard InChI is InChI=1S/C31H34ClN7O2/c1-39(2)16-6-11-28(40)35-21-14-12-20(13-15-21)30(41)36-22-7-5-8-23(17-22)37-31-34-19-26(32)29(38-31)25-18-33-27-10-4-3-9-24(25)27/h3-4,6,9-15,18-19,22-23,33H,5,7-8,16-17H2,1-2H3,(H,35,40)(H,36,41)(H,34,37,38)/b11-6+/t22-,23+/m1/s1. The van der Waals surface area contributed by atoms with Gasteiger partial charge in [-0.3, -0.25) is 9.59 Å². The maximum Gasteiger partial charge on any atom is 0.251 e. The summed E-state index contributed by atoms with van der Waals surface area (Å²) in [6.45, 7) is 0.683. The number of likely N-dealkylation sites (N-methyl/N-ethyl adjacent to an activating group) is 1. The Bertz CT molecular complexity index is 1550. The summed E-state index contributed by atoms with van der Waals surface area (Å²) < 4.78 is 0. The molecule has 2 aromatic carbocycles. The number of halogens is 1. The number of hydrogen-bond acceptors (Lipinski definition) is 6. The van der Waals surface area contributed by atoms with Crippen LogP contribution in [0.4, 0.5) is 11.6 Å². The van der Waals surface area contributed by atoms with E-state index in [1.54, 1.807) is 36.5 Å². The van der Waals surface area contributed by atoms with Crippen molar-refractivity contribution in [2.45, 2.75) is 37.8 Å². The third-order valence-corrected chi connectivity index (χ3v) is 7.36. The van der Waals surface area contributed by atoms with Crippen LogP contribution in [-0.2, 0) is 4.79 Å². The third kappa shape index (κ3) is 7.31. The lowest BCUT2D eigenvalue weighted by atomic mass is 9.91. The van der Waals surface area contributed by atoms with E-state index >= 15 is 0 Å². The number of benzene rings is 2. The van der Waals surface area contributed by atoms with E-state index in [-0.39, 0.29) is 23.9 Å². The first kappa shape index (κ1) is 28.3. The van der Waals surface area contributed by atoms with Crippen LogP contribution in [0, 0.1) is 0 Å². The molecular formula is C31H34ClN7O2. The van der Waals surface area contributed by atoms with E-state index in [1.807, 2.05) is 49.5 Å². The molecule has 212 valence electrons. The fourth-order valence-corrected chi connectivity index (χ4v) is 5.25. The number of para-hydroxylation sites is 1. The zero-order valence-electron chi connectivity index (χ0n) is 23.2. The predicted octanol–water partition coefficient (Wildman–Crippen LogP) is 5.49.